The fourth-order valence-electron chi connectivity index (χ4n) is 4.18. The van der Waals surface area contributed by atoms with Gasteiger partial charge in [0, 0.05) is 6.92 Å². The van der Waals surface area contributed by atoms with E-state index in [9.17, 15) is 4.79 Å². The number of rotatable bonds is 5. The van der Waals surface area contributed by atoms with Crippen LogP contribution in [0.5, 0.6) is 5.75 Å². The molecule has 2 aliphatic carbocycles. The highest BCUT2D eigenvalue weighted by Crippen LogP contribution is 2.49. The molecule has 24 heavy (non-hydrogen) atoms. The minimum atomic E-state index is -0.291. The third-order valence-corrected chi connectivity index (χ3v) is 5.06. The molecule has 0 radical (unpaired) electrons. The van der Waals surface area contributed by atoms with Crippen molar-refractivity contribution in [1.29, 1.82) is 0 Å². The predicted molar refractivity (Wildman–Crippen MR) is 94.9 cm³/mol. The van der Waals surface area contributed by atoms with Crippen LogP contribution in [0.1, 0.15) is 51.5 Å². The minimum absolute atomic E-state index is 0.291. The molecule has 2 bridgehead atoms. The van der Waals surface area contributed by atoms with Crippen LogP contribution in [0, 0.1) is 11.8 Å². The summed E-state index contributed by atoms with van der Waals surface area (Å²) < 4.78 is 5.27. The topological polar surface area (TPSA) is 47.9 Å². The van der Waals surface area contributed by atoms with Crippen molar-refractivity contribution in [3.8, 4) is 5.75 Å². The molecule has 1 aromatic rings. The Kier molecular flexibility index (Phi) is 5.03. The molecule has 128 valence electrons. The van der Waals surface area contributed by atoms with E-state index < -0.39 is 0 Å². The zero-order chi connectivity index (χ0) is 17.1. The maximum absolute atomic E-state index is 11.2. The van der Waals surface area contributed by atoms with E-state index in [1.165, 1.54) is 37.3 Å². The molecule has 0 heterocycles. The van der Waals surface area contributed by atoms with Crippen LogP contribution in [0.2, 0.25) is 0 Å². The van der Waals surface area contributed by atoms with Crippen molar-refractivity contribution in [3.63, 3.8) is 0 Å². The average Bonchev–Trinajstić information content (AvgIpc) is 2.94. The molecule has 0 aromatic heterocycles. The zero-order valence-corrected chi connectivity index (χ0v) is 14.7. The van der Waals surface area contributed by atoms with Gasteiger partial charge in [0.25, 0.3) is 0 Å². The lowest BCUT2D eigenvalue weighted by Gasteiger charge is -2.27. The first kappa shape index (κ1) is 16.7. The van der Waals surface area contributed by atoms with Crippen LogP contribution in [0.15, 0.2) is 35.0 Å². The Hall–Kier alpha value is -2.10. The van der Waals surface area contributed by atoms with E-state index in [2.05, 4.69) is 18.1 Å². The molecule has 2 unspecified atom stereocenters. The Morgan fingerprint density at radius 1 is 1.33 bits per heavy atom. The van der Waals surface area contributed by atoms with Crippen molar-refractivity contribution in [2.45, 2.75) is 46.0 Å². The maximum Gasteiger partial charge on any atom is 0.308 e. The molecule has 3 rings (SSSR count). The number of nitrogens with zero attached hydrogens (tertiary/aromatic N) is 1. The van der Waals surface area contributed by atoms with Crippen LogP contribution in [0.4, 0.5) is 0 Å². The highest BCUT2D eigenvalue weighted by molar-refractivity contribution is 6.07. The zero-order valence-electron chi connectivity index (χ0n) is 14.7. The molecule has 4 nitrogen and oxygen atoms in total. The van der Waals surface area contributed by atoms with Crippen molar-refractivity contribution < 1.29 is 14.4 Å². The van der Waals surface area contributed by atoms with Crippen LogP contribution in [0.25, 0.3) is 5.57 Å². The van der Waals surface area contributed by atoms with Gasteiger partial charge in [0.2, 0.25) is 0 Å². The van der Waals surface area contributed by atoms with E-state index in [4.69, 9.17) is 9.57 Å². The largest absolute Gasteiger partial charge is 0.427 e. The van der Waals surface area contributed by atoms with Gasteiger partial charge < -0.3 is 9.57 Å². The number of hydrogen-bond donors (Lipinski definition) is 0. The second-order valence-electron chi connectivity index (χ2n) is 6.67. The lowest BCUT2D eigenvalue weighted by molar-refractivity contribution is -0.131. The Balaban J connectivity index is 2.07. The molecule has 0 N–H and O–H groups in total. The van der Waals surface area contributed by atoms with Gasteiger partial charge in [0.15, 0.2) is 0 Å². The van der Waals surface area contributed by atoms with Crippen molar-refractivity contribution in [1.82, 2.24) is 0 Å². The summed E-state index contributed by atoms with van der Waals surface area (Å²) >= 11 is 0. The first-order valence-electron chi connectivity index (χ1n) is 8.74. The van der Waals surface area contributed by atoms with Gasteiger partial charge in [-0.2, -0.15) is 0 Å². The summed E-state index contributed by atoms with van der Waals surface area (Å²) in [6, 6.07) is 7.86. The minimum Gasteiger partial charge on any atom is -0.427 e. The molecule has 0 saturated heterocycles. The van der Waals surface area contributed by atoms with Gasteiger partial charge in [-0.25, -0.2) is 0 Å². The van der Waals surface area contributed by atoms with Crippen LogP contribution in [-0.4, -0.2) is 18.8 Å². The second-order valence-corrected chi connectivity index (χ2v) is 6.67. The van der Waals surface area contributed by atoms with Crippen LogP contribution < -0.4 is 4.74 Å². The SMILES string of the molecule is CCC(=NOC)C1=C(c2cccc(OC(C)=O)c2)CC2CCC1C2. The summed E-state index contributed by atoms with van der Waals surface area (Å²) in [5.74, 6) is 1.64. The summed E-state index contributed by atoms with van der Waals surface area (Å²) in [7, 11) is 1.61. The Morgan fingerprint density at radius 2 is 2.17 bits per heavy atom. The second kappa shape index (κ2) is 7.20. The number of carbonyl (C=O) groups is 1. The van der Waals surface area contributed by atoms with E-state index in [0.717, 1.165) is 30.0 Å². The van der Waals surface area contributed by atoms with E-state index >= 15 is 0 Å². The van der Waals surface area contributed by atoms with Crippen LogP contribution in [-0.2, 0) is 9.63 Å². The summed E-state index contributed by atoms with van der Waals surface area (Å²) in [6.07, 6.45) is 5.70. The van der Waals surface area contributed by atoms with Gasteiger partial charge in [-0.15, -0.1) is 0 Å². The fourth-order valence-corrected chi connectivity index (χ4v) is 4.18. The summed E-state index contributed by atoms with van der Waals surface area (Å²) in [4.78, 5) is 16.3. The maximum atomic E-state index is 11.2. The summed E-state index contributed by atoms with van der Waals surface area (Å²) in [6.45, 7) is 3.55. The van der Waals surface area contributed by atoms with E-state index in [0.29, 0.717) is 11.7 Å². The van der Waals surface area contributed by atoms with Gasteiger partial charge in [0.1, 0.15) is 12.9 Å². The molecule has 2 atom stereocenters. The van der Waals surface area contributed by atoms with E-state index in [1.54, 1.807) is 7.11 Å². The van der Waals surface area contributed by atoms with Gasteiger partial charge in [-0.1, -0.05) is 24.2 Å². The number of esters is 1. The molecular weight excluding hydrogens is 302 g/mol. The van der Waals surface area contributed by atoms with E-state index in [-0.39, 0.29) is 5.97 Å². The number of hydrogen-bond acceptors (Lipinski definition) is 4. The first-order valence-corrected chi connectivity index (χ1v) is 8.74. The number of allylic oxidation sites excluding steroid dienone is 2. The average molecular weight is 327 g/mol. The predicted octanol–water partition coefficient (Wildman–Crippen LogP) is 4.60. The third kappa shape index (κ3) is 3.37. The Bertz CT molecular complexity index is 690. The van der Waals surface area contributed by atoms with E-state index in [1.807, 2.05) is 18.2 Å². The fraction of sp³-hybridized carbons (Fsp3) is 0.500. The lowest BCUT2D eigenvalue weighted by Crippen LogP contribution is -2.18. The van der Waals surface area contributed by atoms with Crippen molar-refractivity contribution in [2.24, 2.45) is 17.0 Å². The molecule has 0 aliphatic heterocycles. The van der Waals surface area contributed by atoms with Gasteiger partial charge in [-0.05, 0) is 72.8 Å². The lowest BCUT2D eigenvalue weighted by atomic mass is 9.77. The normalized spacial score (nSPS) is 23.4. The molecule has 1 saturated carbocycles. The molecule has 0 amide bonds. The molecule has 1 fully saturated rings. The van der Waals surface area contributed by atoms with Gasteiger partial charge in [-0.3, -0.25) is 4.79 Å². The Morgan fingerprint density at radius 3 is 2.88 bits per heavy atom. The quantitative estimate of drug-likeness (QED) is 0.344. The molecule has 2 aliphatic rings. The standard InChI is InChI=1S/C20H25NO3/c1-4-19(21-23-3)20-16-9-8-14(10-16)11-18(20)15-6-5-7-17(12-15)24-13(2)22/h5-7,12,14,16H,4,8-11H2,1-3H3. The van der Waals surface area contributed by atoms with Gasteiger partial charge >= 0.3 is 5.97 Å². The third-order valence-electron chi connectivity index (χ3n) is 5.06. The Labute approximate surface area is 143 Å². The highest BCUT2D eigenvalue weighted by atomic mass is 16.6. The molecule has 1 aromatic carbocycles. The van der Waals surface area contributed by atoms with Crippen LogP contribution >= 0.6 is 0 Å². The number of carbonyl (C=O) groups excluding carboxylic acids is 1. The number of benzene rings is 1. The monoisotopic (exact) mass is 327 g/mol. The number of fused-ring (bicyclic) bond motifs is 2. The number of ether oxygens (including phenoxy) is 1. The summed E-state index contributed by atoms with van der Waals surface area (Å²) in [5, 5.41) is 4.30. The van der Waals surface area contributed by atoms with Gasteiger partial charge in [0.05, 0.1) is 5.71 Å². The number of oxime groups is 1. The smallest absolute Gasteiger partial charge is 0.308 e. The summed E-state index contributed by atoms with van der Waals surface area (Å²) in [5.41, 5.74) is 4.89. The highest BCUT2D eigenvalue weighted by Gasteiger charge is 2.36. The van der Waals surface area contributed by atoms with Crippen molar-refractivity contribution in [2.75, 3.05) is 7.11 Å². The molecule has 0 spiro atoms. The molecule has 4 heteroatoms. The van der Waals surface area contributed by atoms with Crippen molar-refractivity contribution in [3.05, 3.63) is 35.4 Å². The molecular formula is C20H25NO3. The first-order chi connectivity index (χ1) is 11.6. The van der Waals surface area contributed by atoms with Crippen molar-refractivity contribution >= 4 is 17.3 Å². The van der Waals surface area contributed by atoms with Crippen LogP contribution in [0.3, 0.4) is 0 Å².